The molecule has 0 N–H and O–H groups in total. The maximum atomic E-state index is 13.2. The standard InChI is InChI=1S/4C13H3F8N2.4Au/c4*14-4-1-5(15)9(19)12(8(4)18)22-3-23-13-10(20)6(16)2-7(17)11(13)21;;;;/h4*1-3H;;;;/q4*-1;4*+1. The molecule has 0 saturated carbocycles. The molecule has 0 unspecified atom stereocenters. The minimum absolute atomic E-state index is 0. The normalized spacial score (nSPS) is 10.8. The summed E-state index contributed by atoms with van der Waals surface area (Å²) in [7, 11) is 0. The van der Waals surface area contributed by atoms with E-state index in [0.717, 1.165) is 0 Å². The summed E-state index contributed by atoms with van der Waals surface area (Å²) in [6, 6.07) is -0.650. The van der Waals surface area contributed by atoms with E-state index < -0.39 is 232 Å². The van der Waals surface area contributed by atoms with Gasteiger partial charge in [0.25, 0.3) is 0 Å². The molecule has 0 aliphatic rings. The van der Waals surface area contributed by atoms with Gasteiger partial charge in [0.05, 0.1) is 0 Å². The Morgan fingerprint density at radius 1 is 0.167 bits per heavy atom. The molecule has 0 atom stereocenters. The first-order valence-electron chi connectivity index (χ1n) is 22.5. The van der Waals surface area contributed by atoms with Crippen molar-refractivity contribution in [1.29, 1.82) is 0 Å². The van der Waals surface area contributed by atoms with Crippen molar-refractivity contribution < 1.29 is 230 Å². The van der Waals surface area contributed by atoms with Gasteiger partial charge >= 0.3 is 89.5 Å². The number of rotatable bonds is 12. The van der Waals surface area contributed by atoms with E-state index in [4.69, 9.17) is 0 Å². The second-order valence-corrected chi connectivity index (χ2v) is 16.0. The van der Waals surface area contributed by atoms with Gasteiger partial charge in [-0.05, 0) is 0 Å². The maximum absolute atomic E-state index is 13.2. The molecule has 0 heterocycles. The zero-order valence-corrected chi connectivity index (χ0v) is 52.5. The molecule has 0 aromatic heterocycles. The molecule has 0 fully saturated rings. The van der Waals surface area contributed by atoms with Crippen LogP contribution in [0.4, 0.5) is 186 Å². The first-order valence-corrected chi connectivity index (χ1v) is 22.5. The number of benzene rings is 8. The number of aliphatic imine (C=N–C) groups is 4. The van der Waals surface area contributed by atoms with Crippen molar-refractivity contribution in [2.75, 3.05) is 0 Å². The summed E-state index contributed by atoms with van der Waals surface area (Å²) in [4.78, 5) is 11.5. The van der Waals surface area contributed by atoms with Crippen LogP contribution in [-0.2, 0) is 89.5 Å². The number of halogens is 32. The van der Waals surface area contributed by atoms with Crippen LogP contribution in [0, 0.1) is 186 Å². The Morgan fingerprint density at radius 3 is 0.365 bits per heavy atom. The second kappa shape index (κ2) is 37.2. The van der Waals surface area contributed by atoms with Crippen LogP contribution in [-0.4, -0.2) is 25.4 Å². The van der Waals surface area contributed by atoms with Crippen molar-refractivity contribution in [3.05, 3.63) is 256 Å². The summed E-state index contributed by atoms with van der Waals surface area (Å²) in [5.41, 5.74) is -11.7. The van der Waals surface area contributed by atoms with Gasteiger partial charge in [-0.1, -0.05) is 25.4 Å². The summed E-state index contributed by atoms with van der Waals surface area (Å²) >= 11 is 0. The summed E-state index contributed by atoms with van der Waals surface area (Å²) in [5.74, 6) is -58.6. The summed E-state index contributed by atoms with van der Waals surface area (Å²) in [6.07, 6.45) is 0.336. The Labute approximate surface area is 573 Å². The summed E-state index contributed by atoms with van der Waals surface area (Å²) in [6.45, 7) is 0. The van der Waals surface area contributed by atoms with Crippen LogP contribution >= 0.6 is 0 Å². The van der Waals surface area contributed by atoms with Gasteiger partial charge in [0.2, 0.25) is 0 Å². The molecule has 8 nitrogen and oxygen atoms in total. The van der Waals surface area contributed by atoms with E-state index in [1.54, 1.807) is 0 Å². The fourth-order valence-electron chi connectivity index (χ4n) is 5.97. The zero-order valence-electron chi connectivity index (χ0n) is 43.8. The van der Waals surface area contributed by atoms with E-state index in [0.29, 0.717) is 0 Å². The molecule has 528 valence electrons. The summed E-state index contributed by atoms with van der Waals surface area (Å²) < 4.78 is 418. The molecule has 0 radical (unpaired) electrons. The van der Waals surface area contributed by atoms with Gasteiger partial charge in [-0.2, -0.15) is 0 Å². The van der Waals surface area contributed by atoms with Crippen LogP contribution in [0.1, 0.15) is 0 Å². The van der Waals surface area contributed by atoms with E-state index in [-0.39, 0.29) is 163 Å². The quantitative estimate of drug-likeness (QED) is 0.0382. The minimum atomic E-state index is -1.89. The Bertz CT molecular complexity index is 3570. The van der Waals surface area contributed by atoms with E-state index in [1.807, 2.05) is 0 Å². The topological polar surface area (TPSA) is 106 Å². The van der Waals surface area contributed by atoms with E-state index in [9.17, 15) is 140 Å². The molecule has 8 aromatic carbocycles. The van der Waals surface area contributed by atoms with E-state index in [2.05, 4.69) is 41.2 Å². The third-order valence-electron chi connectivity index (χ3n) is 10.2. The average Bonchev–Trinajstić information content (AvgIpc) is 0.857. The minimum Gasteiger partial charge on any atom is -0.438 e. The fraction of sp³-hybridized carbons (Fsp3) is 0. The number of hydrogen-bond donors (Lipinski definition) is 0. The first kappa shape index (κ1) is 86.4. The third-order valence-corrected chi connectivity index (χ3v) is 10.2. The molecule has 0 amide bonds. The maximum Gasteiger partial charge on any atom is 1.00 e. The van der Waals surface area contributed by atoms with Crippen LogP contribution in [0.3, 0.4) is 0 Å². The van der Waals surface area contributed by atoms with Gasteiger partial charge < -0.3 is 41.2 Å². The number of nitrogens with zero attached hydrogens (tertiary/aromatic N) is 8. The average molecular weight is 2140 g/mol. The smallest absolute Gasteiger partial charge is 0.438 e. The monoisotopic (exact) mass is 2140 g/mol. The molecule has 8 aromatic rings. The van der Waals surface area contributed by atoms with Gasteiger partial charge in [-0.15, -0.1) is 0 Å². The summed E-state index contributed by atoms with van der Waals surface area (Å²) in [5, 5.41) is 11.5. The van der Waals surface area contributed by atoms with Gasteiger partial charge in [-0.3, -0.25) is 0 Å². The van der Waals surface area contributed by atoms with Crippen LogP contribution in [0.5, 0.6) is 0 Å². The predicted octanol–water partition coefficient (Wildman–Crippen LogP) is 20.6. The van der Waals surface area contributed by atoms with E-state index >= 15 is 0 Å². The largest absolute Gasteiger partial charge is 1.00 e. The predicted molar refractivity (Wildman–Crippen MR) is 255 cm³/mol. The van der Waals surface area contributed by atoms with Crippen molar-refractivity contribution in [3.8, 4) is 0 Å². The molecule has 0 saturated heterocycles. The van der Waals surface area contributed by atoms with Crippen molar-refractivity contribution in [1.82, 2.24) is 0 Å². The first-order chi connectivity index (χ1) is 42.9. The Kier molecular flexibility index (Phi) is 33.5. The van der Waals surface area contributed by atoms with Crippen molar-refractivity contribution in [2.45, 2.75) is 0 Å². The van der Waals surface area contributed by atoms with Crippen LogP contribution < -0.4 is 0 Å². The molecule has 0 spiro atoms. The SMILES string of the molecule is Fc1cc(F)c(F)c(N=C[N-]c2c(F)c(F)cc(F)c2F)c1F.Fc1cc(F)c(F)c(N=C[N-]c2c(F)c(F)cc(F)c2F)c1F.Fc1cc(F)c(F)c(N=C[N-]c2c(F)c(F)cc(F)c2F)c1F.Fc1cc(F)c(F)c(N=C[N-]c2c(F)c(F)cc(F)c2F)c1F.[Au+].[Au+].[Au+].[Au+]. The molecule has 0 bridgehead atoms. The Morgan fingerprint density at radius 2 is 0.260 bits per heavy atom. The molecule has 8 rings (SSSR count). The van der Waals surface area contributed by atoms with Crippen molar-refractivity contribution >= 4 is 70.9 Å². The van der Waals surface area contributed by atoms with Crippen LogP contribution in [0.25, 0.3) is 21.3 Å². The molecular weight excluding hydrogens is 2130 g/mol. The molecule has 96 heavy (non-hydrogen) atoms. The third kappa shape index (κ3) is 20.2. The molecule has 0 aliphatic heterocycles. The molecular formula is C52H12Au4F32N8. The van der Waals surface area contributed by atoms with E-state index in [1.165, 1.54) is 0 Å². The van der Waals surface area contributed by atoms with Crippen molar-refractivity contribution in [2.24, 2.45) is 20.0 Å². The van der Waals surface area contributed by atoms with Gasteiger partial charge in [-0.25, -0.2) is 140 Å². The van der Waals surface area contributed by atoms with Crippen LogP contribution in [0.15, 0.2) is 68.5 Å². The number of hydrogen-bond acceptors (Lipinski definition) is 4. The van der Waals surface area contributed by atoms with Gasteiger partial charge in [0.15, 0.2) is 186 Å². The van der Waals surface area contributed by atoms with Crippen LogP contribution in [0.2, 0.25) is 0 Å². The van der Waals surface area contributed by atoms with Gasteiger partial charge in [0.1, 0.15) is 0 Å². The Hall–Kier alpha value is -7.64. The fourth-order valence-corrected chi connectivity index (χ4v) is 5.97. The second-order valence-electron chi connectivity index (χ2n) is 16.0. The molecule has 0 aliphatic carbocycles. The Balaban J connectivity index is 0.000000631. The molecule has 44 heteroatoms. The van der Waals surface area contributed by atoms with Gasteiger partial charge in [0, 0.05) is 94.0 Å². The van der Waals surface area contributed by atoms with Crippen molar-refractivity contribution in [3.63, 3.8) is 0 Å². The zero-order chi connectivity index (χ0) is 69.2.